The van der Waals surface area contributed by atoms with Crippen LogP contribution in [0.25, 0.3) is 0 Å². The van der Waals surface area contributed by atoms with Gasteiger partial charge >= 0.3 is 5.97 Å². The maximum absolute atomic E-state index is 11.0. The smallest absolute Gasteiger partial charge is 0.307 e. The van der Waals surface area contributed by atoms with Crippen LogP contribution < -0.4 is 5.73 Å². The molecule has 1 aromatic rings. The average molecular weight is 250 g/mol. The van der Waals surface area contributed by atoms with E-state index in [1.807, 2.05) is 12.1 Å². The lowest BCUT2D eigenvalue weighted by Crippen LogP contribution is -2.16. The van der Waals surface area contributed by atoms with E-state index in [9.17, 15) is 4.79 Å². The third kappa shape index (κ3) is 4.08. The van der Waals surface area contributed by atoms with Crippen molar-refractivity contribution in [3.8, 4) is 0 Å². The van der Waals surface area contributed by atoms with Crippen LogP contribution in [0.2, 0.25) is 5.02 Å². The van der Waals surface area contributed by atoms with Gasteiger partial charge in [0, 0.05) is 11.1 Å². The highest BCUT2D eigenvalue weighted by molar-refractivity contribution is 6.31. The fraction of sp³-hybridized carbons (Fsp3) is 0.300. The van der Waals surface area contributed by atoms with Crippen LogP contribution in [0.5, 0.6) is 0 Å². The summed E-state index contributed by atoms with van der Waals surface area (Å²) in [7, 11) is 1.33. The lowest BCUT2D eigenvalue weighted by molar-refractivity contribution is -0.141. The zero-order valence-electron chi connectivity index (χ0n) is 8.27. The number of esters is 1. The minimum Gasteiger partial charge on any atom is -0.469 e. The van der Waals surface area contributed by atoms with Gasteiger partial charge in [0.15, 0.2) is 0 Å². The minimum absolute atomic E-state index is 0. The first-order chi connectivity index (χ1) is 6.65. The molecule has 0 aliphatic heterocycles. The topological polar surface area (TPSA) is 52.3 Å². The highest BCUT2D eigenvalue weighted by Gasteiger charge is 2.13. The molecule has 0 radical (unpaired) electrons. The van der Waals surface area contributed by atoms with E-state index in [4.69, 9.17) is 17.3 Å². The second-order valence-corrected chi connectivity index (χ2v) is 3.32. The van der Waals surface area contributed by atoms with Crippen molar-refractivity contribution in [3.05, 3.63) is 34.9 Å². The number of rotatable bonds is 3. The van der Waals surface area contributed by atoms with Crippen molar-refractivity contribution < 1.29 is 9.53 Å². The summed E-state index contributed by atoms with van der Waals surface area (Å²) in [6.07, 6.45) is 0.139. The molecule has 0 aromatic heterocycles. The lowest BCUT2D eigenvalue weighted by Gasteiger charge is -2.11. The third-order valence-electron chi connectivity index (χ3n) is 1.92. The van der Waals surface area contributed by atoms with Crippen molar-refractivity contribution in [1.82, 2.24) is 0 Å². The van der Waals surface area contributed by atoms with Gasteiger partial charge in [0.2, 0.25) is 0 Å². The Hall–Kier alpha value is -0.770. The van der Waals surface area contributed by atoms with E-state index in [1.165, 1.54) is 7.11 Å². The zero-order valence-corrected chi connectivity index (χ0v) is 9.85. The minimum atomic E-state index is -0.406. The standard InChI is InChI=1S/C10H12ClNO2.ClH/c1-14-10(13)6-9(12)7-4-2-3-5-8(7)11;/h2-5,9H,6,12H2,1H3;1H/t9-;/m1./s1. The quantitative estimate of drug-likeness (QED) is 0.837. The van der Waals surface area contributed by atoms with Crippen molar-refractivity contribution in [2.24, 2.45) is 5.73 Å². The molecule has 1 rings (SSSR count). The van der Waals surface area contributed by atoms with E-state index in [2.05, 4.69) is 4.74 Å². The second kappa shape index (κ2) is 6.67. The van der Waals surface area contributed by atoms with Crippen LogP contribution in [0.1, 0.15) is 18.0 Å². The first-order valence-corrected chi connectivity index (χ1v) is 4.59. The Balaban J connectivity index is 0.00000196. The SMILES string of the molecule is COC(=O)C[C@@H](N)c1ccccc1Cl.Cl. The van der Waals surface area contributed by atoms with Crippen molar-refractivity contribution in [2.75, 3.05) is 7.11 Å². The molecule has 0 saturated heterocycles. The Bertz CT molecular complexity index is 331. The zero-order chi connectivity index (χ0) is 10.6. The summed E-state index contributed by atoms with van der Waals surface area (Å²) in [5.41, 5.74) is 6.55. The number of carbonyl (C=O) groups excluding carboxylic acids is 1. The molecule has 0 saturated carbocycles. The third-order valence-corrected chi connectivity index (χ3v) is 2.26. The van der Waals surface area contributed by atoms with Crippen LogP contribution in [-0.2, 0) is 9.53 Å². The van der Waals surface area contributed by atoms with Crippen LogP contribution in [-0.4, -0.2) is 13.1 Å². The molecule has 0 fully saturated rings. The van der Waals surface area contributed by atoms with Crippen molar-refractivity contribution in [3.63, 3.8) is 0 Å². The Labute approximate surface area is 100.0 Å². The van der Waals surface area contributed by atoms with Crippen molar-refractivity contribution in [1.29, 1.82) is 0 Å². The van der Waals surface area contributed by atoms with E-state index in [0.29, 0.717) is 5.02 Å². The summed E-state index contributed by atoms with van der Waals surface area (Å²) in [5.74, 6) is -0.336. The molecular weight excluding hydrogens is 237 g/mol. The molecule has 1 atom stereocenters. The number of ether oxygens (including phenoxy) is 1. The number of carbonyl (C=O) groups is 1. The summed E-state index contributed by atoms with van der Waals surface area (Å²) < 4.78 is 4.52. The molecule has 0 unspecified atom stereocenters. The van der Waals surface area contributed by atoms with Crippen LogP contribution in [0.3, 0.4) is 0 Å². The molecular formula is C10H13Cl2NO2. The van der Waals surface area contributed by atoms with E-state index in [0.717, 1.165) is 5.56 Å². The van der Waals surface area contributed by atoms with Gasteiger partial charge in [-0.05, 0) is 11.6 Å². The van der Waals surface area contributed by atoms with Crippen LogP contribution >= 0.6 is 24.0 Å². The molecule has 0 aliphatic carbocycles. The Kier molecular flexibility index (Phi) is 6.32. The highest BCUT2D eigenvalue weighted by atomic mass is 35.5. The van der Waals surface area contributed by atoms with Crippen LogP contribution in [0.4, 0.5) is 0 Å². The monoisotopic (exact) mass is 249 g/mol. The molecule has 0 amide bonds. The summed E-state index contributed by atoms with van der Waals surface area (Å²) in [6.45, 7) is 0. The molecule has 5 heteroatoms. The van der Waals surface area contributed by atoms with E-state index < -0.39 is 6.04 Å². The van der Waals surface area contributed by atoms with Gasteiger partial charge in [-0.2, -0.15) is 0 Å². The molecule has 0 spiro atoms. The van der Waals surface area contributed by atoms with Gasteiger partial charge < -0.3 is 10.5 Å². The summed E-state index contributed by atoms with van der Waals surface area (Å²) in [4.78, 5) is 11.0. The maximum Gasteiger partial charge on any atom is 0.307 e. The summed E-state index contributed by atoms with van der Waals surface area (Å²) in [6, 6.07) is 6.79. The van der Waals surface area contributed by atoms with Gasteiger partial charge in [-0.3, -0.25) is 4.79 Å². The van der Waals surface area contributed by atoms with Crippen LogP contribution in [0, 0.1) is 0 Å². The summed E-state index contributed by atoms with van der Waals surface area (Å²) in [5, 5.41) is 0.573. The van der Waals surface area contributed by atoms with Gasteiger partial charge in [-0.1, -0.05) is 29.8 Å². The number of nitrogens with two attached hydrogens (primary N) is 1. The molecule has 0 heterocycles. The van der Waals surface area contributed by atoms with Crippen molar-refractivity contribution in [2.45, 2.75) is 12.5 Å². The molecule has 0 aliphatic rings. The Morgan fingerprint density at radius 1 is 1.53 bits per heavy atom. The molecule has 15 heavy (non-hydrogen) atoms. The number of hydrogen-bond donors (Lipinski definition) is 1. The molecule has 0 bridgehead atoms. The fourth-order valence-corrected chi connectivity index (χ4v) is 1.42. The van der Waals surface area contributed by atoms with Gasteiger partial charge in [0.1, 0.15) is 0 Å². The van der Waals surface area contributed by atoms with Crippen LogP contribution in [0.15, 0.2) is 24.3 Å². The van der Waals surface area contributed by atoms with E-state index >= 15 is 0 Å². The van der Waals surface area contributed by atoms with Crippen molar-refractivity contribution >= 4 is 30.0 Å². The van der Waals surface area contributed by atoms with Gasteiger partial charge in [0.05, 0.1) is 13.5 Å². The second-order valence-electron chi connectivity index (χ2n) is 2.91. The first-order valence-electron chi connectivity index (χ1n) is 4.22. The number of benzene rings is 1. The molecule has 3 nitrogen and oxygen atoms in total. The molecule has 2 N–H and O–H groups in total. The Morgan fingerprint density at radius 2 is 2.13 bits per heavy atom. The van der Waals surface area contributed by atoms with Gasteiger partial charge in [0.25, 0.3) is 0 Å². The normalized spacial score (nSPS) is 11.4. The summed E-state index contributed by atoms with van der Waals surface area (Å²) >= 11 is 5.91. The molecule has 84 valence electrons. The number of halogens is 2. The lowest BCUT2D eigenvalue weighted by atomic mass is 10.1. The molecule has 1 aromatic carbocycles. The predicted octanol–water partition coefficient (Wildman–Crippen LogP) is 2.32. The largest absolute Gasteiger partial charge is 0.469 e. The van der Waals surface area contributed by atoms with E-state index in [1.54, 1.807) is 12.1 Å². The average Bonchev–Trinajstić information content (AvgIpc) is 2.18. The van der Waals surface area contributed by atoms with E-state index in [-0.39, 0.29) is 24.8 Å². The van der Waals surface area contributed by atoms with Gasteiger partial charge in [-0.15, -0.1) is 12.4 Å². The number of hydrogen-bond acceptors (Lipinski definition) is 3. The fourth-order valence-electron chi connectivity index (χ4n) is 1.15. The van der Waals surface area contributed by atoms with Gasteiger partial charge in [-0.25, -0.2) is 0 Å². The highest BCUT2D eigenvalue weighted by Crippen LogP contribution is 2.23. The first kappa shape index (κ1) is 14.2. The predicted molar refractivity (Wildman–Crippen MR) is 62.3 cm³/mol. The maximum atomic E-state index is 11.0. The Morgan fingerprint density at radius 3 is 2.67 bits per heavy atom. The number of methoxy groups -OCH3 is 1.